The maximum atomic E-state index is 11.7. The Morgan fingerprint density at radius 1 is 1.40 bits per heavy atom. The minimum atomic E-state index is -0.336. The summed E-state index contributed by atoms with van der Waals surface area (Å²) in [6, 6.07) is 8.08. The molecule has 5 nitrogen and oxygen atoms in total. The fraction of sp³-hybridized carbons (Fsp3) is 0.533. The Morgan fingerprint density at radius 2 is 2.10 bits per heavy atom. The number of amides is 1. The van der Waals surface area contributed by atoms with E-state index in [-0.39, 0.29) is 24.2 Å². The number of carbonyl (C=O) groups is 1. The van der Waals surface area contributed by atoms with E-state index < -0.39 is 0 Å². The molecule has 3 N–H and O–H groups in total. The molecule has 1 aromatic carbocycles. The molecule has 2 atom stereocenters. The molecule has 1 aliphatic rings. The molecule has 0 saturated heterocycles. The highest BCUT2D eigenvalue weighted by molar-refractivity contribution is 5.78. The van der Waals surface area contributed by atoms with Gasteiger partial charge in [0.15, 0.2) is 6.29 Å². The van der Waals surface area contributed by atoms with Crippen molar-refractivity contribution in [3.8, 4) is 0 Å². The van der Waals surface area contributed by atoms with Crippen molar-refractivity contribution in [1.82, 2.24) is 5.32 Å². The van der Waals surface area contributed by atoms with Crippen LogP contribution in [-0.2, 0) is 20.7 Å². The molecule has 0 fully saturated rings. The number of benzene rings is 1. The highest BCUT2D eigenvalue weighted by Gasteiger charge is 2.33. The normalized spacial score (nSPS) is 21.8. The zero-order valence-electron chi connectivity index (χ0n) is 12.0. The number of methoxy groups -OCH3 is 2. The molecule has 0 aromatic heterocycles. The lowest BCUT2D eigenvalue weighted by atomic mass is 9.79. The van der Waals surface area contributed by atoms with Crippen LogP contribution in [0.1, 0.15) is 23.6 Å². The van der Waals surface area contributed by atoms with Gasteiger partial charge in [-0.15, -0.1) is 0 Å². The summed E-state index contributed by atoms with van der Waals surface area (Å²) < 4.78 is 10.3. The number of ether oxygens (including phenoxy) is 2. The van der Waals surface area contributed by atoms with Crippen LogP contribution in [0, 0.1) is 5.92 Å². The summed E-state index contributed by atoms with van der Waals surface area (Å²) in [5.41, 5.74) is 7.96. The van der Waals surface area contributed by atoms with Crippen LogP contribution in [-0.4, -0.2) is 33.0 Å². The van der Waals surface area contributed by atoms with Gasteiger partial charge in [-0.1, -0.05) is 24.3 Å². The maximum absolute atomic E-state index is 11.7. The van der Waals surface area contributed by atoms with Gasteiger partial charge in [0.05, 0.1) is 5.92 Å². The molecule has 0 heterocycles. The standard InChI is InChI=1S/C15H22N2O3/c1-19-13(20-2)9-17-14-11-6-4-3-5-10(11)7-8-12(14)15(16)18/h3-6,12-14,17H,7-9H2,1-2H3,(H2,16,18)/t12-,14-/m1/s1. The molecule has 1 aromatic rings. The lowest BCUT2D eigenvalue weighted by Gasteiger charge is -2.33. The molecule has 5 heteroatoms. The van der Waals surface area contributed by atoms with Crippen LogP contribution in [0.5, 0.6) is 0 Å². The van der Waals surface area contributed by atoms with Gasteiger partial charge in [0.1, 0.15) is 0 Å². The third-order valence-electron chi connectivity index (χ3n) is 3.91. The lowest BCUT2D eigenvalue weighted by molar-refractivity contribution is -0.124. The Balaban J connectivity index is 2.18. The third kappa shape index (κ3) is 3.17. The largest absolute Gasteiger partial charge is 0.369 e. The Morgan fingerprint density at radius 3 is 2.75 bits per heavy atom. The topological polar surface area (TPSA) is 73.6 Å². The fourth-order valence-electron chi connectivity index (χ4n) is 2.80. The second kappa shape index (κ2) is 6.83. The first kappa shape index (κ1) is 15.0. The van der Waals surface area contributed by atoms with Crippen molar-refractivity contribution in [1.29, 1.82) is 0 Å². The molecular weight excluding hydrogens is 256 g/mol. The number of carbonyl (C=O) groups excluding carboxylic acids is 1. The number of primary amides is 1. The smallest absolute Gasteiger partial charge is 0.222 e. The number of nitrogens with one attached hydrogen (secondary N) is 1. The van der Waals surface area contributed by atoms with E-state index >= 15 is 0 Å². The van der Waals surface area contributed by atoms with Gasteiger partial charge in [0, 0.05) is 26.8 Å². The van der Waals surface area contributed by atoms with Crippen LogP contribution in [0.2, 0.25) is 0 Å². The van der Waals surface area contributed by atoms with Crippen LogP contribution >= 0.6 is 0 Å². The van der Waals surface area contributed by atoms with Crippen LogP contribution < -0.4 is 11.1 Å². The highest BCUT2D eigenvalue weighted by Crippen LogP contribution is 2.34. The van der Waals surface area contributed by atoms with Crippen LogP contribution in [0.15, 0.2) is 24.3 Å². The Labute approximate surface area is 119 Å². The molecule has 0 bridgehead atoms. The second-order valence-corrected chi connectivity index (χ2v) is 5.03. The zero-order valence-corrected chi connectivity index (χ0v) is 12.0. The number of aryl methyl sites for hydroxylation is 1. The monoisotopic (exact) mass is 278 g/mol. The summed E-state index contributed by atoms with van der Waals surface area (Å²) in [5.74, 6) is -0.456. The summed E-state index contributed by atoms with van der Waals surface area (Å²) >= 11 is 0. The molecule has 20 heavy (non-hydrogen) atoms. The summed E-state index contributed by atoms with van der Waals surface area (Å²) in [6.07, 6.45) is 1.33. The predicted octanol–water partition coefficient (Wildman–Crippen LogP) is 0.984. The predicted molar refractivity (Wildman–Crippen MR) is 76.0 cm³/mol. The third-order valence-corrected chi connectivity index (χ3v) is 3.91. The molecule has 0 saturated carbocycles. The molecule has 0 unspecified atom stereocenters. The average molecular weight is 278 g/mol. The first-order chi connectivity index (χ1) is 9.67. The molecule has 110 valence electrons. The van der Waals surface area contributed by atoms with Crippen molar-refractivity contribution >= 4 is 5.91 Å². The molecule has 1 aliphatic carbocycles. The second-order valence-electron chi connectivity index (χ2n) is 5.03. The number of hydrogen-bond donors (Lipinski definition) is 2. The SMILES string of the molecule is COC(CN[C@@H]1c2ccccc2CC[C@H]1C(N)=O)OC. The van der Waals surface area contributed by atoms with Crippen molar-refractivity contribution in [3.05, 3.63) is 35.4 Å². The van der Waals surface area contributed by atoms with E-state index in [4.69, 9.17) is 15.2 Å². The van der Waals surface area contributed by atoms with E-state index in [0.29, 0.717) is 6.54 Å². The van der Waals surface area contributed by atoms with Gasteiger partial charge in [-0.2, -0.15) is 0 Å². The van der Waals surface area contributed by atoms with Gasteiger partial charge in [0.25, 0.3) is 0 Å². The van der Waals surface area contributed by atoms with E-state index in [1.54, 1.807) is 14.2 Å². The van der Waals surface area contributed by atoms with E-state index in [1.807, 2.05) is 12.1 Å². The van der Waals surface area contributed by atoms with Crippen molar-refractivity contribution in [2.24, 2.45) is 11.7 Å². The van der Waals surface area contributed by atoms with Gasteiger partial charge in [0.2, 0.25) is 5.91 Å². The molecule has 1 amide bonds. The van der Waals surface area contributed by atoms with Gasteiger partial charge < -0.3 is 20.5 Å². The minimum absolute atomic E-state index is 0.0785. The quantitative estimate of drug-likeness (QED) is 0.761. The fourth-order valence-corrected chi connectivity index (χ4v) is 2.80. The van der Waals surface area contributed by atoms with E-state index in [0.717, 1.165) is 18.4 Å². The van der Waals surface area contributed by atoms with E-state index in [1.165, 1.54) is 5.56 Å². The van der Waals surface area contributed by atoms with Gasteiger partial charge in [-0.3, -0.25) is 4.79 Å². The zero-order chi connectivity index (χ0) is 14.5. The Bertz CT molecular complexity index is 460. The van der Waals surface area contributed by atoms with Crippen molar-refractivity contribution < 1.29 is 14.3 Å². The molecule has 0 radical (unpaired) electrons. The molecule has 2 rings (SSSR count). The van der Waals surface area contributed by atoms with E-state index in [9.17, 15) is 4.79 Å². The van der Waals surface area contributed by atoms with Gasteiger partial charge in [-0.05, 0) is 24.0 Å². The Kier molecular flexibility index (Phi) is 5.11. The van der Waals surface area contributed by atoms with Crippen molar-refractivity contribution in [2.75, 3.05) is 20.8 Å². The maximum Gasteiger partial charge on any atom is 0.222 e. The number of rotatable bonds is 6. The van der Waals surface area contributed by atoms with E-state index in [2.05, 4.69) is 17.4 Å². The summed E-state index contributed by atoms with van der Waals surface area (Å²) in [6.45, 7) is 0.510. The van der Waals surface area contributed by atoms with Crippen LogP contribution in [0.25, 0.3) is 0 Å². The van der Waals surface area contributed by atoms with Crippen molar-refractivity contribution in [3.63, 3.8) is 0 Å². The number of nitrogens with two attached hydrogens (primary N) is 1. The van der Waals surface area contributed by atoms with Gasteiger partial charge in [-0.25, -0.2) is 0 Å². The molecule has 0 aliphatic heterocycles. The first-order valence-electron chi connectivity index (χ1n) is 6.83. The molecular formula is C15H22N2O3. The summed E-state index contributed by atoms with van der Waals surface area (Å²) in [4.78, 5) is 11.7. The average Bonchev–Trinajstić information content (AvgIpc) is 2.47. The first-order valence-corrected chi connectivity index (χ1v) is 6.83. The number of hydrogen-bond acceptors (Lipinski definition) is 4. The van der Waals surface area contributed by atoms with Gasteiger partial charge >= 0.3 is 0 Å². The van der Waals surface area contributed by atoms with Crippen LogP contribution in [0.3, 0.4) is 0 Å². The highest BCUT2D eigenvalue weighted by atomic mass is 16.7. The number of fused-ring (bicyclic) bond motifs is 1. The lowest BCUT2D eigenvalue weighted by Crippen LogP contribution is -2.42. The molecule has 0 spiro atoms. The van der Waals surface area contributed by atoms with Crippen molar-refractivity contribution in [2.45, 2.75) is 25.2 Å². The minimum Gasteiger partial charge on any atom is -0.369 e. The Hall–Kier alpha value is -1.43. The summed E-state index contributed by atoms with van der Waals surface area (Å²) in [7, 11) is 3.19. The van der Waals surface area contributed by atoms with Crippen LogP contribution in [0.4, 0.5) is 0 Å². The summed E-state index contributed by atoms with van der Waals surface area (Å²) in [5, 5.41) is 3.36.